The molecule has 3 rings (SSSR count). The van der Waals surface area contributed by atoms with Crippen LogP contribution in [0, 0.1) is 11.6 Å². The molecular weight excluding hydrogens is 382 g/mol. The Morgan fingerprint density at radius 2 is 1.89 bits per heavy atom. The minimum absolute atomic E-state index is 0.0268. The van der Waals surface area contributed by atoms with Gasteiger partial charge >= 0.3 is 0 Å². The molecule has 0 N–H and O–H groups in total. The lowest BCUT2D eigenvalue weighted by Gasteiger charge is -2.21. The predicted octanol–water partition coefficient (Wildman–Crippen LogP) is 3.56. The molecule has 0 aliphatic rings. The molecule has 10 heteroatoms. The quantitative estimate of drug-likeness (QED) is 0.670. The maximum absolute atomic E-state index is 13.8. The van der Waals surface area contributed by atoms with Crippen molar-refractivity contribution in [3.8, 4) is 17.2 Å². The molecular formula is C17H15ClF2N4O3. The number of aromatic nitrogens is 4. The number of ether oxygens (including phenoxy) is 1. The standard InChI is InChI=1S/C17H15ClF2N4O3/c1-17(2,3)24-16(25)14(18)11(7-21-24)26-8-12-22-23-15(27-12)13-9(19)5-4-6-10(13)20/h4-7H,8H2,1-3H3. The number of rotatable bonds is 4. The molecule has 0 saturated heterocycles. The van der Waals surface area contributed by atoms with Gasteiger partial charge in [0, 0.05) is 0 Å². The van der Waals surface area contributed by atoms with Gasteiger partial charge in [-0.2, -0.15) is 5.10 Å². The monoisotopic (exact) mass is 396 g/mol. The highest BCUT2D eigenvalue weighted by atomic mass is 35.5. The summed E-state index contributed by atoms with van der Waals surface area (Å²) in [6, 6.07) is 3.38. The van der Waals surface area contributed by atoms with Crippen LogP contribution >= 0.6 is 11.6 Å². The highest BCUT2D eigenvalue weighted by Gasteiger charge is 2.21. The van der Waals surface area contributed by atoms with Gasteiger partial charge in [-0.05, 0) is 32.9 Å². The first-order chi connectivity index (χ1) is 12.7. The molecule has 0 atom stereocenters. The Morgan fingerprint density at radius 3 is 2.52 bits per heavy atom. The zero-order chi connectivity index (χ0) is 19.8. The minimum atomic E-state index is -0.829. The lowest BCUT2D eigenvalue weighted by molar-refractivity contribution is 0.258. The second-order valence-electron chi connectivity index (χ2n) is 6.60. The van der Waals surface area contributed by atoms with Gasteiger partial charge in [0.05, 0.1) is 11.7 Å². The van der Waals surface area contributed by atoms with E-state index in [0.717, 1.165) is 12.1 Å². The highest BCUT2D eigenvalue weighted by Crippen LogP contribution is 2.26. The first-order valence-corrected chi connectivity index (χ1v) is 8.24. The molecule has 27 heavy (non-hydrogen) atoms. The molecule has 0 amide bonds. The number of hydrogen-bond donors (Lipinski definition) is 0. The van der Waals surface area contributed by atoms with Crippen molar-refractivity contribution in [3.05, 3.63) is 57.3 Å². The fourth-order valence-electron chi connectivity index (χ4n) is 2.25. The van der Waals surface area contributed by atoms with E-state index in [2.05, 4.69) is 15.3 Å². The van der Waals surface area contributed by atoms with Gasteiger partial charge in [0.1, 0.15) is 17.2 Å². The van der Waals surface area contributed by atoms with E-state index in [9.17, 15) is 13.6 Å². The first-order valence-electron chi connectivity index (χ1n) is 7.86. The normalized spacial score (nSPS) is 11.6. The largest absolute Gasteiger partial charge is 0.480 e. The van der Waals surface area contributed by atoms with Gasteiger partial charge in [-0.1, -0.05) is 17.7 Å². The molecule has 1 aromatic carbocycles. The minimum Gasteiger partial charge on any atom is -0.480 e. The van der Waals surface area contributed by atoms with Crippen LogP contribution in [0.25, 0.3) is 11.5 Å². The molecule has 2 aromatic heterocycles. The summed E-state index contributed by atoms with van der Waals surface area (Å²) in [4.78, 5) is 12.3. The molecule has 142 valence electrons. The van der Waals surface area contributed by atoms with Crippen molar-refractivity contribution in [1.29, 1.82) is 0 Å². The second kappa shape index (κ2) is 7.07. The third-order valence-electron chi connectivity index (χ3n) is 3.52. The lowest BCUT2D eigenvalue weighted by atomic mass is 10.1. The summed E-state index contributed by atoms with van der Waals surface area (Å²) >= 11 is 6.05. The number of halogens is 3. The molecule has 0 unspecified atom stereocenters. The number of hydrogen-bond acceptors (Lipinski definition) is 6. The third kappa shape index (κ3) is 3.82. The summed E-state index contributed by atoms with van der Waals surface area (Å²) in [6.45, 7) is 5.16. The van der Waals surface area contributed by atoms with Crippen molar-refractivity contribution in [1.82, 2.24) is 20.0 Å². The van der Waals surface area contributed by atoms with Crippen LogP contribution in [0.15, 0.2) is 33.6 Å². The van der Waals surface area contributed by atoms with Crippen LogP contribution in [0.5, 0.6) is 5.75 Å². The lowest BCUT2D eigenvalue weighted by Crippen LogP contribution is -2.36. The maximum atomic E-state index is 13.8. The Morgan fingerprint density at radius 1 is 1.22 bits per heavy atom. The van der Waals surface area contributed by atoms with E-state index in [1.165, 1.54) is 16.9 Å². The predicted molar refractivity (Wildman–Crippen MR) is 92.5 cm³/mol. The van der Waals surface area contributed by atoms with Gasteiger partial charge < -0.3 is 9.15 Å². The van der Waals surface area contributed by atoms with Crippen LogP contribution in [-0.4, -0.2) is 20.0 Å². The average Bonchev–Trinajstić information content (AvgIpc) is 3.03. The molecule has 0 radical (unpaired) electrons. The van der Waals surface area contributed by atoms with Gasteiger partial charge in [0.25, 0.3) is 17.3 Å². The second-order valence-corrected chi connectivity index (χ2v) is 6.97. The van der Waals surface area contributed by atoms with Gasteiger partial charge in [-0.25, -0.2) is 13.5 Å². The van der Waals surface area contributed by atoms with Crippen LogP contribution < -0.4 is 10.3 Å². The van der Waals surface area contributed by atoms with Crippen LogP contribution in [0.4, 0.5) is 8.78 Å². The molecule has 0 fully saturated rings. The van der Waals surface area contributed by atoms with Crippen molar-refractivity contribution in [2.75, 3.05) is 0 Å². The van der Waals surface area contributed by atoms with Gasteiger partial charge in [-0.3, -0.25) is 4.79 Å². The van der Waals surface area contributed by atoms with Crippen molar-refractivity contribution in [2.45, 2.75) is 32.9 Å². The molecule has 0 bridgehead atoms. The van der Waals surface area contributed by atoms with E-state index in [1.54, 1.807) is 20.8 Å². The van der Waals surface area contributed by atoms with Crippen LogP contribution in [0.3, 0.4) is 0 Å². The molecule has 0 saturated carbocycles. The van der Waals surface area contributed by atoms with E-state index in [-0.39, 0.29) is 29.2 Å². The summed E-state index contributed by atoms with van der Waals surface area (Å²) in [5, 5.41) is 11.2. The van der Waals surface area contributed by atoms with E-state index >= 15 is 0 Å². The van der Waals surface area contributed by atoms with Crippen LogP contribution in [0.1, 0.15) is 26.7 Å². The molecule has 0 aliphatic heterocycles. The van der Waals surface area contributed by atoms with Crippen LogP contribution in [0.2, 0.25) is 5.02 Å². The molecule has 0 aliphatic carbocycles. The van der Waals surface area contributed by atoms with E-state index in [4.69, 9.17) is 20.8 Å². The number of nitrogens with zero attached hydrogens (tertiary/aromatic N) is 4. The maximum Gasteiger partial charge on any atom is 0.289 e. The summed E-state index contributed by atoms with van der Waals surface area (Å²) in [7, 11) is 0. The molecule has 3 aromatic rings. The smallest absolute Gasteiger partial charge is 0.289 e. The van der Waals surface area contributed by atoms with Gasteiger partial charge in [0.15, 0.2) is 17.4 Å². The Bertz CT molecular complexity index is 1020. The summed E-state index contributed by atoms with van der Waals surface area (Å²) in [5.74, 6) is -2.01. The third-order valence-corrected chi connectivity index (χ3v) is 3.86. The Kier molecular flexibility index (Phi) is 4.97. The zero-order valence-corrected chi connectivity index (χ0v) is 15.4. The van der Waals surface area contributed by atoms with E-state index in [0.29, 0.717) is 0 Å². The fraction of sp³-hybridized carbons (Fsp3) is 0.294. The molecule has 2 heterocycles. The SMILES string of the molecule is CC(C)(C)n1ncc(OCc2nnc(-c3c(F)cccc3F)o2)c(Cl)c1=O. The zero-order valence-electron chi connectivity index (χ0n) is 14.7. The summed E-state index contributed by atoms with van der Waals surface area (Å²) < 4.78 is 39.4. The summed E-state index contributed by atoms with van der Waals surface area (Å²) in [6.07, 6.45) is 1.29. The van der Waals surface area contributed by atoms with Crippen molar-refractivity contribution < 1.29 is 17.9 Å². The topological polar surface area (TPSA) is 83.0 Å². The summed E-state index contributed by atoms with van der Waals surface area (Å²) in [5.41, 5.74) is -1.49. The fourth-order valence-corrected chi connectivity index (χ4v) is 2.43. The van der Waals surface area contributed by atoms with Crippen molar-refractivity contribution in [2.24, 2.45) is 0 Å². The number of benzene rings is 1. The van der Waals surface area contributed by atoms with E-state index in [1.807, 2.05) is 0 Å². The van der Waals surface area contributed by atoms with E-state index < -0.39 is 28.3 Å². The van der Waals surface area contributed by atoms with Crippen molar-refractivity contribution >= 4 is 11.6 Å². The Balaban J connectivity index is 1.80. The highest BCUT2D eigenvalue weighted by molar-refractivity contribution is 6.31. The molecule has 7 nitrogen and oxygen atoms in total. The van der Waals surface area contributed by atoms with Crippen molar-refractivity contribution in [3.63, 3.8) is 0 Å². The average molecular weight is 397 g/mol. The first kappa shape index (κ1) is 19.0. The Hall–Kier alpha value is -2.81. The van der Waals surface area contributed by atoms with Gasteiger partial charge in [0.2, 0.25) is 0 Å². The van der Waals surface area contributed by atoms with Crippen LogP contribution in [-0.2, 0) is 12.1 Å². The van der Waals surface area contributed by atoms with Gasteiger partial charge in [-0.15, -0.1) is 10.2 Å². The Labute approximate surface area is 157 Å². The molecule has 0 spiro atoms.